The van der Waals surface area contributed by atoms with E-state index in [9.17, 15) is 4.39 Å². The summed E-state index contributed by atoms with van der Waals surface area (Å²) in [6, 6.07) is 13.4. The van der Waals surface area contributed by atoms with Crippen molar-refractivity contribution in [1.82, 2.24) is 9.47 Å². The maximum absolute atomic E-state index is 13.3. The van der Waals surface area contributed by atoms with Crippen LogP contribution >= 0.6 is 11.6 Å². The first-order valence-corrected chi connectivity index (χ1v) is 9.88. The molecule has 6 rings (SSSR count). The Hall–Kier alpha value is -2.10. The van der Waals surface area contributed by atoms with Gasteiger partial charge in [-0.1, -0.05) is 23.7 Å². The Morgan fingerprint density at radius 1 is 1.15 bits per heavy atom. The van der Waals surface area contributed by atoms with Gasteiger partial charge in [-0.25, -0.2) is 4.39 Å². The number of hydrogen-bond acceptors (Lipinski definition) is 1. The summed E-state index contributed by atoms with van der Waals surface area (Å²) >= 11 is 6.35. The molecule has 0 radical (unpaired) electrons. The number of halogens is 2. The predicted molar refractivity (Wildman–Crippen MR) is 111 cm³/mol. The summed E-state index contributed by atoms with van der Waals surface area (Å²) in [6.45, 7) is 3.19. The van der Waals surface area contributed by atoms with Crippen LogP contribution in [-0.2, 0) is 0 Å². The molecular formula is C23H22ClFN2. The van der Waals surface area contributed by atoms with E-state index in [4.69, 9.17) is 11.6 Å². The van der Waals surface area contributed by atoms with Gasteiger partial charge in [-0.15, -0.1) is 0 Å². The maximum atomic E-state index is 13.3. The molecule has 1 aromatic heterocycles. The zero-order valence-electron chi connectivity index (χ0n) is 15.5. The molecule has 3 heterocycles. The SMILES string of the molecule is CC(=Cn1c2c(c3cc(Cl)ccc31)C1CCC2CN1C)c1ccc(F)cc1. The van der Waals surface area contributed by atoms with Crippen molar-refractivity contribution in [3.05, 3.63) is 70.1 Å². The van der Waals surface area contributed by atoms with E-state index in [1.807, 2.05) is 18.2 Å². The minimum atomic E-state index is -0.203. The number of nitrogens with zero attached hydrogens (tertiary/aromatic N) is 2. The molecule has 4 heteroatoms. The lowest BCUT2D eigenvalue weighted by atomic mass is 9.78. The van der Waals surface area contributed by atoms with Crippen molar-refractivity contribution in [3.63, 3.8) is 0 Å². The first-order valence-electron chi connectivity index (χ1n) is 9.51. The topological polar surface area (TPSA) is 8.17 Å². The number of aromatic nitrogens is 1. The van der Waals surface area contributed by atoms with E-state index in [2.05, 4.69) is 41.8 Å². The van der Waals surface area contributed by atoms with Crippen LogP contribution in [0.2, 0.25) is 5.02 Å². The molecule has 0 saturated carbocycles. The van der Waals surface area contributed by atoms with Gasteiger partial charge in [-0.2, -0.15) is 0 Å². The number of rotatable bonds is 2. The minimum Gasteiger partial charge on any atom is -0.319 e. The van der Waals surface area contributed by atoms with E-state index in [1.54, 1.807) is 0 Å². The Labute approximate surface area is 163 Å². The van der Waals surface area contributed by atoms with Crippen LogP contribution in [0.25, 0.3) is 22.7 Å². The molecule has 3 aliphatic rings. The fourth-order valence-electron chi connectivity index (χ4n) is 4.95. The van der Waals surface area contributed by atoms with Crippen LogP contribution in [0.1, 0.15) is 48.5 Å². The molecule has 2 aliphatic heterocycles. The first kappa shape index (κ1) is 17.0. The molecule has 2 aromatic carbocycles. The smallest absolute Gasteiger partial charge is 0.123 e. The molecular weight excluding hydrogens is 359 g/mol. The second kappa shape index (κ2) is 6.22. The normalized spacial score (nSPS) is 22.4. The summed E-state index contributed by atoms with van der Waals surface area (Å²) in [5.41, 5.74) is 6.25. The molecule has 1 aliphatic carbocycles. The summed E-state index contributed by atoms with van der Waals surface area (Å²) in [5.74, 6) is 0.337. The molecule has 0 amide bonds. The number of piperidine rings is 1. The molecule has 2 atom stereocenters. The van der Waals surface area contributed by atoms with E-state index in [0.717, 1.165) is 22.7 Å². The Bertz CT molecular complexity index is 1060. The first-order chi connectivity index (χ1) is 13.0. The Morgan fingerprint density at radius 3 is 2.67 bits per heavy atom. The van der Waals surface area contributed by atoms with Crippen molar-refractivity contribution in [2.45, 2.75) is 31.7 Å². The number of hydrogen-bond donors (Lipinski definition) is 0. The number of likely N-dealkylation sites (N-methyl/N-ethyl adjacent to an activating group) is 1. The van der Waals surface area contributed by atoms with Gasteiger partial charge in [0, 0.05) is 40.8 Å². The van der Waals surface area contributed by atoms with Gasteiger partial charge >= 0.3 is 0 Å². The second-order valence-electron chi connectivity index (χ2n) is 7.88. The summed E-state index contributed by atoms with van der Waals surface area (Å²) < 4.78 is 15.7. The lowest BCUT2D eigenvalue weighted by molar-refractivity contribution is 0.144. The Kier molecular flexibility index (Phi) is 3.92. The van der Waals surface area contributed by atoms with Gasteiger partial charge in [-0.3, -0.25) is 4.90 Å². The highest BCUT2D eigenvalue weighted by molar-refractivity contribution is 6.31. The van der Waals surface area contributed by atoms with Crippen LogP contribution in [0.3, 0.4) is 0 Å². The van der Waals surface area contributed by atoms with Crippen LogP contribution in [0.15, 0.2) is 42.5 Å². The molecule has 2 unspecified atom stereocenters. The van der Waals surface area contributed by atoms with Crippen molar-refractivity contribution >= 4 is 34.3 Å². The summed E-state index contributed by atoms with van der Waals surface area (Å²) in [4.78, 5) is 2.48. The van der Waals surface area contributed by atoms with E-state index in [1.165, 1.54) is 47.1 Å². The van der Waals surface area contributed by atoms with Crippen molar-refractivity contribution in [3.8, 4) is 0 Å². The highest BCUT2D eigenvalue weighted by Crippen LogP contribution is 2.50. The third-order valence-electron chi connectivity index (χ3n) is 6.22. The van der Waals surface area contributed by atoms with Gasteiger partial charge in [0.25, 0.3) is 0 Å². The zero-order chi connectivity index (χ0) is 18.7. The molecule has 1 saturated heterocycles. The van der Waals surface area contributed by atoms with E-state index >= 15 is 0 Å². The van der Waals surface area contributed by atoms with Crippen molar-refractivity contribution in [1.29, 1.82) is 0 Å². The highest BCUT2D eigenvalue weighted by Gasteiger charge is 2.40. The average molecular weight is 381 g/mol. The third kappa shape index (κ3) is 2.64. The predicted octanol–water partition coefficient (Wildman–Crippen LogP) is 6.32. The molecule has 2 bridgehead atoms. The fourth-order valence-corrected chi connectivity index (χ4v) is 5.12. The lowest BCUT2D eigenvalue weighted by Gasteiger charge is -2.44. The number of allylic oxidation sites excluding steroid dienone is 1. The number of benzene rings is 2. The Balaban J connectivity index is 1.75. The van der Waals surface area contributed by atoms with Gasteiger partial charge in [0.15, 0.2) is 0 Å². The van der Waals surface area contributed by atoms with Crippen LogP contribution in [-0.4, -0.2) is 23.1 Å². The van der Waals surface area contributed by atoms with Crippen LogP contribution in [0, 0.1) is 5.82 Å². The van der Waals surface area contributed by atoms with Crippen molar-refractivity contribution in [2.75, 3.05) is 13.6 Å². The lowest BCUT2D eigenvalue weighted by Crippen LogP contribution is -2.40. The minimum absolute atomic E-state index is 0.203. The molecule has 3 aromatic rings. The molecule has 27 heavy (non-hydrogen) atoms. The van der Waals surface area contributed by atoms with E-state index in [0.29, 0.717) is 12.0 Å². The van der Waals surface area contributed by atoms with Gasteiger partial charge < -0.3 is 4.57 Å². The largest absolute Gasteiger partial charge is 0.319 e. The van der Waals surface area contributed by atoms with E-state index < -0.39 is 0 Å². The van der Waals surface area contributed by atoms with Gasteiger partial charge in [0.1, 0.15) is 5.82 Å². The number of fused-ring (bicyclic) bond motifs is 3. The highest BCUT2D eigenvalue weighted by atomic mass is 35.5. The monoisotopic (exact) mass is 380 g/mol. The Morgan fingerprint density at radius 2 is 1.93 bits per heavy atom. The summed E-state index contributed by atoms with van der Waals surface area (Å²) in [5, 5.41) is 2.05. The molecule has 138 valence electrons. The molecule has 0 spiro atoms. The van der Waals surface area contributed by atoms with Gasteiger partial charge in [0.2, 0.25) is 0 Å². The van der Waals surface area contributed by atoms with Crippen molar-refractivity contribution < 1.29 is 4.39 Å². The molecule has 1 fully saturated rings. The van der Waals surface area contributed by atoms with Gasteiger partial charge in [-0.05, 0) is 73.8 Å². The summed E-state index contributed by atoms with van der Waals surface area (Å²) in [6.07, 6.45) is 4.65. The zero-order valence-corrected chi connectivity index (χ0v) is 16.3. The third-order valence-corrected chi connectivity index (χ3v) is 6.45. The van der Waals surface area contributed by atoms with Gasteiger partial charge in [0.05, 0.1) is 5.52 Å². The van der Waals surface area contributed by atoms with Crippen LogP contribution in [0.5, 0.6) is 0 Å². The molecule has 2 nitrogen and oxygen atoms in total. The standard InChI is InChI=1S/C23H22ClFN2/c1-14(15-3-7-18(25)8-4-15)12-27-20-10-6-17(24)11-19(20)22-21-9-5-16(23(22)27)13-26(21)2/h3-4,6-8,10-12,16,21H,5,9,13H2,1-2H3. The maximum Gasteiger partial charge on any atom is 0.123 e. The quantitative estimate of drug-likeness (QED) is 0.505. The average Bonchev–Trinajstić information content (AvgIpc) is 2.98. The van der Waals surface area contributed by atoms with Crippen LogP contribution < -0.4 is 0 Å². The second-order valence-corrected chi connectivity index (χ2v) is 8.32. The van der Waals surface area contributed by atoms with E-state index in [-0.39, 0.29) is 5.82 Å². The molecule has 0 N–H and O–H groups in total. The fraction of sp³-hybridized carbons (Fsp3) is 0.304. The summed E-state index contributed by atoms with van der Waals surface area (Å²) in [7, 11) is 2.23. The van der Waals surface area contributed by atoms with Crippen LogP contribution in [0.4, 0.5) is 4.39 Å². The van der Waals surface area contributed by atoms with Crippen molar-refractivity contribution in [2.24, 2.45) is 0 Å².